The Morgan fingerprint density at radius 3 is 2.43 bits per heavy atom. The predicted octanol–water partition coefficient (Wildman–Crippen LogP) is 1.88. The molecule has 1 aromatic rings. The van der Waals surface area contributed by atoms with Crippen molar-refractivity contribution in [1.29, 1.82) is 0 Å². The molecule has 0 heterocycles. The first-order valence-corrected chi connectivity index (χ1v) is 5.20. The summed E-state index contributed by atoms with van der Waals surface area (Å²) < 4.78 is 0. The van der Waals surface area contributed by atoms with Crippen molar-refractivity contribution < 1.29 is 10.2 Å². The van der Waals surface area contributed by atoms with Gasteiger partial charge in [0, 0.05) is 5.92 Å². The zero-order chi connectivity index (χ0) is 9.97. The van der Waals surface area contributed by atoms with Crippen molar-refractivity contribution in [3.63, 3.8) is 0 Å². The lowest BCUT2D eigenvalue weighted by Crippen LogP contribution is -2.20. The molecule has 0 spiro atoms. The Hall–Kier alpha value is -0.860. The van der Waals surface area contributed by atoms with E-state index in [9.17, 15) is 10.2 Å². The number of aliphatic hydroxyl groups is 2. The molecule has 2 nitrogen and oxygen atoms in total. The fourth-order valence-electron chi connectivity index (χ4n) is 2.23. The summed E-state index contributed by atoms with van der Waals surface area (Å²) in [5.41, 5.74) is 0.915. The second-order valence-electron chi connectivity index (χ2n) is 4.02. The summed E-state index contributed by atoms with van der Waals surface area (Å²) in [4.78, 5) is 0. The molecular weight excluding hydrogens is 176 g/mol. The van der Waals surface area contributed by atoms with Gasteiger partial charge in [0.15, 0.2) is 0 Å². The molecule has 1 aromatic carbocycles. The summed E-state index contributed by atoms with van der Waals surface area (Å²) in [5, 5.41) is 19.7. The third-order valence-corrected chi connectivity index (χ3v) is 3.08. The number of aliphatic hydroxyl groups excluding tert-OH is 2. The Bertz CT molecular complexity index is 284. The Balaban J connectivity index is 2.12. The standard InChI is InChI=1S/C12H16O2/c13-11-8-4-7-10(11)12(14)9-5-2-1-3-6-9/h1-3,5-6,10-14H,4,7-8H2/t10-,11+,12+/m0/s1. The summed E-state index contributed by atoms with van der Waals surface area (Å²) in [6.07, 6.45) is 1.94. The van der Waals surface area contributed by atoms with Gasteiger partial charge in [-0.3, -0.25) is 0 Å². The SMILES string of the molecule is O[C@@H]1CCC[C@@H]1[C@H](O)c1ccccc1. The van der Waals surface area contributed by atoms with Crippen LogP contribution in [0.3, 0.4) is 0 Å². The molecular formula is C12H16O2. The van der Waals surface area contributed by atoms with Crippen LogP contribution in [0.25, 0.3) is 0 Å². The Morgan fingerprint density at radius 2 is 1.86 bits per heavy atom. The normalized spacial score (nSPS) is 29.0. The second kappa shape index (κ2) is 4.11. The molecule has 1 saturated carbocycles. The number of hydrogen-bond acceptors (Lipinski definition) is 2. The second-order valence-corrected chi connectivity index (χ2v) is 4.02. The van der Waals surface area contributed by atoms with Gasteiger partial charge in [0.1, 0.15) is 0 Å². The minimum Gasteiger partial charge on any atom is -0.393 e. The van der Waals surface area contributed by atoms with Gasteiger partial charge in [0.05, 0.1) is 12.2 Å². The summed E-state index contributed by atoms with van der Waals surface area (Å²) in [5.74, 6) is 0.0254. The lowest BCUT2D eigenvalue weighted by molar-refractivity contribution is 0.0307. The van der Waals surface area contributed by atoms with E-state index in [0.29, 0.717) is 0 Å². The smallest absolute Gasteiger partial charge is 0.0842 e. The molecule has 2 N–H and O–H groups in total. The van der Waals surface area contributed by atoms with Crippen LogP contribution in [0.4, 0.5) is 0 Å². The van der Waals surface area contributed by atoms with Crippen molar-refractivity contribution in [1.82, 2.24) is 0 Å². The van der Waals surface area contributed by atoms with Crippen LogP contribution in [0.5, 0.6) is 0 Å². The van der Waals surface area contributed by atoms with Gasteiger partial charge in [-0.15, -0.1) is 0 Å². The van der Waals surface area contributed by atoms with Crippen LogP contribution < -0.4 is 0 Å². The molecule has 0 unspecified atom stereocenters. The van der Waals surface area contributed by atoms with E-state index >= 15 is 0 Å². The zero-order valence-electron chi connectivity index (χ0n) is 8.13. The number of rotatable bonds is 2. The van der Waals surface area contributed by atoms with E-state index < -0.39 is 6.10 Å². The van der Waals surface area contributed by atoms with Crippen LogP contribution in [0.1, 0.15) is 30.9 Å². The quantitative estimate of drug-likeness (QED) is 0.751. The maximum atomic E-state index is 10.0. The first-order chi connectivity index (χ1) is 6.79. The zero-order valence-corrected chi connectivity index (χ0v) is 8.13. The highest BCUT2D eigenvalue weighted by Crippen LogP contribution is 2.35. The Kier molecular flexibility index (Phi) is 2.85. The van der Waals surface area contributed by atoms with E-state index in [0.717, 1.165) is 24.8 Å². The van der Waals surface area contributed by atoms with E-state index in [1.54, 1.807) is 0 Å². The first kappa shape index (κ1) is 9.69. The average molecular weight is 192 g/mol. The molecule has 1 aliphatic rings. The molecule has 0 aromatic heterocycles. The van der Waals surface area contributed by atoms with Crippen LogP contribution in [0.15, 0.2) is 30.3 Å². The van der Waals surface area contributed by atoms with Crippen molar-refractivity contribution in [2.75, 3.05) is 0 Å². The van der Waals surface area contributed by atoms with Gasteiger partial charge in [-0.25, -0.2) is 0 Å². The third-order valence-electron chi connectivity index (χ3n) is 3.08. The van der Waals surface area contributed by atoms with Crippen molar-refractivity contribution in [3.05, 3.63) is 35.9 Å². The van der Waals surface area contributed by atoms with E-state index in [1.165, 1.54) is 0 Å². The molecule has 0 bridgehead atoms. The fourth-order valence-corrected chi connectivity index (χ4v) is 2.23. The Morgan fingerprint density at radius 1 is 1.14 bits per heavy atom. The summed E-state index contributed by atoms with van der Waals surface area (Å²) in [7, 11) is 0. The van der Waals surface area contributed by atoms with Gasteiger partial charge in [0.25, 0.3) is 0 Å². The minimum absolute atomic E-state index is 0.0254. The molecule has 1 aliphatic carbocycles. The van der Waals surface area contributed by atoms with Gasteiger partial charge in [-0.1, -0.05) is 36.8 Å². The molecule has 0 amide bonds. The monoisotopic (exact) mass is 192 g/mol. The molecule has 0 aliphatic heterocycles. The Labute approximate surface area is 84.2 Å². The lowest BCUT2D eigenvalue weighted by Gasteiger charge is -2.21. The lowest BCUT2D eigenvalue weighted by atomic mass is 9.93. The first-order valence-electron chi connectivity index (χ1n) is 5.20. The predicted molar refractivity (Wildman–Crippen MR) is 54.7 cm³/mol. The van der Waals surface area contributed by atoms with Crippen LogP contribution in [-0.2, 0) is 0 Å². The maximum absolute atomic E-state index is 10.0. The molecule has 2 rings (SSSR count). The molecule has 76 valence electrons. The average Bonchev–Trinajstić information content (AvgIpc) is 2.65. The fraction of sp³-hybridized carbons (Fsp3) is 0.500. The molecule has 2 heteroatoms. The van der Waals surface area contributed by atoms with E-state index in [1.807, 2.05) is 30.3 Å². The molecule has 1 fully saturated rings. The van der Waals surface area contributed by atoms with Gasteiger partial charge >= 0.3 is 0 Å². The number of hydrogen-bond donors (Lipinski definition) is 2. The third kappa shape index (κ3) is 1.81. The van der Waals surface area contributed by atoms with Crippen LogP contribution in [0.2, 0.25) is 0 Å². The highest BCUT2D eigenvalue weighted by molar-refractivity contribution is 5.18. The summed E-state index contributed by atoms with van der Waals surface area (Å²) in [6, 6.07) is 9.59. The van der Waals surface area contributed by atoms with Crippen LogP contribution in [0, 0.1) is 5.92 Å². The number of benzene rings is 1. The van der Waals surface area contributed by atoms with Crippen LogP contribution >= 0.6 is 0 Å². The largest absolute Gasteiger partial charge is 0.393 e. The van der Waals surface area contributed by atoms with Crippen molar-refractivity contribution in [3.8, 4) is 0 Å². The highest BCUT2D eigenvalue weighted by Gasteiger charge is 2.31. The van der Waals surface area contributed by atoms with E-state index in [2.05, 4.69) is 0 Å². The van der Waals surface area contributed by atoms with Gasteiger partial charge < -0.3 is 10.2 Å². The van der Waals surface area contributed by atoms with Crippen molar-refractivity contribution in [2.45, 2.75) is 31.5 Å². The van der Waals surface area contributed by atoms with Crippen molar-refractivity contribution in [2.24, 2.45) is 5.92 Å². The molecule has 14 heavy (non-hydrogen) atoms. The minimum atomic E-state index is -0.506. The van der Waals surface area contributed by atoms with Gasteiger partial charge in [0.2, 0.25) is 0 Å². The molecule has 0 radical (unpaired) electrons. The highest BCUT2D eigenvalue weighted by atomic mass is 16.3. The topological polar surface area (TPSA) is 40.5 Å². The summed E-state index contributed by atoms with van der Waals surface area (Å²) in [6.45, 7) is 0. The van der Waals surface area contributed by atoms with Crippen molar-refractivity contribution >= 4 is 0 Å². The summed E-state index contributed by atoms with van der Waals surface area (Å²) >= 11 is 0. The maximum Gasteiger partial charge on any atom is 0.0842 e. The van der Waals surface area contributed by atoms with E-state index in [4.69, 9.17) is 0 Å². The van der Waals surface area contributed by atoms with E-state index in [-0.39, 0.29) is 12.0 Å². The molecule has 0 saturated heterocycles. The van der Waals surface area contributed by atoms with Gasteiger partial charge in [-0.05, 0) is 18.4 Å². The molecule has 3 atom stereocenters. The van der Waals surface area contributed by atoms with Gasteiger partial charge in [-0.2, -0.15) is 0 Å². The van der Waals surface area contributed by atoms with Crippen LogP contribution in [-0.4, -0.2) is 16.3 Å².